The van der Waals surface area contributed by atoms with Crippen molar-refractivity contribution in [1.82, 2.24) is 15.1 Å². The third-order valence-corrected chi connectivity index (χ3v) is 3.78. The lowest BCUT2D eigenvalue weighted by atomic mass is 9.91. The summed E-state index contributed by atoms with van der Waals surface area (Å²) in [5.41, 5.74) is 0. The van der Waals surface area contributed by atoms with Gasteiger partial charge in [0.25, 0.3) is 0 Å². The second kappa shape index (κ2) is 7.48. The molecule has 0 aromatic carbocycles. The molecule has 1 fully saturated rings. The minimum absolute atomic E-state index is 0.0123. The molecular weight excluding hydrogens is 242 g/mol. The van der Waals surface area contributed by atoms with E-state index in [2.05, 4.69) is 12.2 Å². The molecule has 1 saturated heterocycles. The Morgan fingerprint density at radius 1 is 1.21 bits per heavy atom. The Bertz CT molecular complexity index is 316. The zero-order chi connectivity index (χ0) is 14.4. The van der Waals surface area contributed by atoms with E-state index in [1.165, 1.54) is 0 Å². The predicted molar refractivity (Wildman–Crippen MR) is 75.7 cm³/mol. The van der Waals surface area contributed by atoms with Gasteiger partial charge < -0.3 is 15.1 Å². The van der Waals surface area contributed by atoms with Gasteiger partial charge in [0, 0.05) is 26.7 Å². The molecule has 1 aliphatic heterocycles. The summed E-state index contributed by atoms with van der Waals surface area (Å²) in [6.07, 6.45) is 0.912. The van der Waals surface area contributed by atoms with Crippen LogP contribution in [0.2, 0.25) is 0 Å². The Morgan fingerprint density at radius 3 is 2.37 bits per heavy atom. The van der Waals surface area contributed by atoms with Crippen molar-refractivity contribution in [2.45, 2.75) is 27.2 Å². The van der Waals surface area contributed by atoms with E-state index < -0.39 is 0 Å². The summed E-state index contributed by atoms with van der Waals surface area (Å²) < 4.78 is 0. The van der Waals surface area contributed by atoms with Crippen LogP contribution in [0, 0.1) is 11.8 Å². The number of nitrogens with one attached hydrogen (secondary N) is 1. The van der Waals surface area contributed by atoms with Crippen LogP contribution in [0.3, 0.4) is 0 Å². The van der Waals surface area contributed by atoms with Crippen LogP contribution >= 0.6 is 0 Å². The molecule has 110 valence electrons. The van der Waals surface area contributed by atoms with Crippen molar-refractivity contribution in [3.63, 3.8) is 0 Å². The molecule has 1 aliphatic rings. The predicted octanol–water partition coefficient (Wildman–Crippen LogP) is 0.559. The van der Waals surface area contributed by atoms with Crippen molar-refractivity contribution in [2.24, 2.45) is 11.8 Å². The van der Waals surface area contributed by atoms with Gasteiger partial charge in [-0.05, 0) is 32.7 Å². The van der Waals surface area contributed by atoms with Crippen molar-refractivity contribution in [2.75, 3.05) is 39.8 Å². The molecule has 1 heterocycles. The maximum absolute atomic E-state index is 12.3. The van der Waals surface area contributed by atoms with Crippen LogP contribution in [0.1, 0.15) is 27.2 Å². The molecule has 0 aliphatic carbocycles. The molecule has 0 radical (unpaired) electrons. The van der Waals surface area contributed by atoms with E-state index in [4.69, 9.17) is 0 Å². The zero-order valence-electron chi connectivity index (χ0n) is 12.6. The summed E-state index contributed by atoms with van der Waals surface area (Å²) in [6.45, 7) is 9.34. The number of amides is 2. The fraction of sp³-hybridized carbons (Fsp3) is 0.857. The molecule has 1 N–H and O–H groups in total. The second-order valence-corrected chi connectivity index (χ2v) is 5.46. The first-order valence-electron chi connectivity index (χ1n) is 7.23. The molecule has 0 aromatic rings. The average molecular weight is 269 g/mol. The quantitative estimate of drug-likeness (QED) is 0.793. The molecule has 2 unspecified atom stereocenters. The normalized spacial score (nSPS) is 22.9. The highest BCUT2D eigenvalue weighted by Gasteiger charge is 2.28. The maximum Gasteiger partial charge on any atom is 0.242 e. The Hall–Kier alpha value is -1.10. The van der Waals surface area contributed by atoms with E-state index in [9.17, 15) is 9.59 Å². The average Bonchev–Trinajstić information content (AvgIpc) is 2.39. The van der Waals surface area contributed by atoms with Gasteiger partial charge in [0.05, 0.1) is 12.5 Å². The maximum atomic E-state index is 12.3. The monoisotopic (exact) mass is 269 g/mol. The number of carbonyl (C=O) groups excluding carboxylic acids is 2. The largest absolute Gasteiger partial charge is 0.342 e. The summed E-state index contributed by atoms with van der Waals surface area (Å²) in [6, 6.07) is 0. The van der Waals surface area contributed by atoms with Crippen LogP contribution in [0.15, 0.2) is 0 Å². The summed E-state index contributed by atoms with van der Waals surface area (Å²) in [5.74, 6) is 0.644. The molecule has 0 saturated carbocycles. The SMILES string of the molecule is CCN(CC)C(=O)CN(C)C(=O)C1CNCC(C)C1. The third kappa shape index (κ3) is 4.49. The summed E-state index contributed by atoms with van der Waals surface area (Å²) in [7, 11) is 1.73. The van der Waals surface area contributed by atoms with Gasteiger partial charge in [-0.3, -0.25) is 9.59 Å². The number of piperidine rings is 1. The minimum atomic E-state index is 0.0123. The standard InChI is InChI=1S/C14H27N3O2/c1-5-17(6-2)13(18)10-16(4)14(19)12-7-11(3)8-15-9-12/h11-12,15H,5-10H2,1-4H3. The van der Waals surface area contributed by atoms with Crippen LogP contribution < -0.4 is 5.32 Å². The van der Waals surface area contributed by atoms with Crippen LogP contribution in [-0.2, 0) is 9.59 Å². The van der Waals surface area contributed by atoms with Gasteiger partial charge in [0.1, 0.15) is 0 Å². The van der Waals surface area contributed by atoms with E-state index in [-0.39, 0.29) is 24.3 Å². The molecular formula is C14H27N3O2. The van der Waals surface area contributed by atoms with Crippen molar-refractivity contribution in [1.29, 1.82) is 0 Å². The molecule has 19 heavy (non-hydrogen) atoms. The minimum Gasteiger partial charge on any atom is -0.342 e. The highest BCUT2D eigenvalue weighted by molar-refractivity contribution is 5.86. The van der Waals surface area contributed by atoms with Crippen LogP contribution in [0.25, 0.3) is 0 Å². The van der Waals surface area contributed by atoms with Crippen molar-refractivity contribution in [3.8, 4) is 0 Å². The Kier molecular flexibility index (Phi) is 6.28. The van der Waals surface area contributed by atoms with Crippen molar-refractivity contribution in [3.05, 3.63) is 0 Å². The third-order valence-electron chi connectivity index (χ3n) is 3.78. The van der Waals surface area contributed by atoms with E-state index in [0.717, 1.165) is 19.5 Å². The summed E-state index contributed by atoms with van der Waals surface area (Å²) in [5, 5.41) is 3.28. The van der Waals surface area contributed by atoms with Crippen molar-refractivity contribution >= 4 is 11.8 Å². The molecule has 2 amide bonds. The van der Waals surface area contributed by atoms with E-state index in [0.29, 0.717) is 19.0 Å². The lowest BCUT2D eigenvalue weighted by molar-refractivity contribution is -0.142. The summed E-state index contributed by atoms with van der Waals surface area (Å²) in [4.78, 5) is 27.6. The highest BCUT2D eigenvalue weighted by Crippen LogP contribution is 2.17. The summed E-state index contributed by atoms with van der Waals surface area (Å²) >= 11 is 0. The topological polar surface area (TPSA) is 52.7 Å². The Morgan fingerprint density at radius 2 is 1.84 bits per heavy atom. The first-order valence-corrected chi connectivity index (χ1v) is 7.23. The second-order valence-electron chi connectivity index (χ2n) is 5.46. The molecule has 2 atom stereocenters. The number of rotatable bonds is 5. The Labute approximate surface area is 116 Å². The number of nitrogens with zero attached hydrogens (tertiary/aromatic N) is 2. The first kappa shape index (κ1) is 16.0. The van der Waals surface area contributed by atoms with Gasteiger partial charge in [-0.25, -0.2) is 0 Å². The molecule has 0 bridgehead atoms. The lowest BCUT2D eigenvalue weighted by Gasteiger charge is -2.31. The highest BCUT2D eigenvalue weighted by atomic mass is 16.2. The van der Waals surface area contributed by atoms with Crippen LogP contribution in [0.4, 0.5) is 0 Å². The van der Waals surface area contributed by atoms with Gasteiger partial charge in [-0.15, -0.1) is 0 Å². The molecule has 1 rings (SSSR count). The van der Waals surface area contributed by atoms with Crippen LogP contribution in [-0.4, -0.2) is 61.4 Å². The van der Waals surface area contributed by atoms with E-state index in [1.54, 1.807) is 16.8 Å². The van der Waals surface area contributed by atoms with E-state index in [1.807, 2.05) is 13.8 Å². The zero-order valence-corrected chi connectivity index (χ0v) is 12.6. The molecule has 0 spiro atoms. The first-order chi connectivity index (χ1) is 8.99. The Balaban J connectivity index is 2.50. The molecule has 5 nitrogen and oxygen atoms in total. The van der Waals surface area contributed by atoms with Crippen LogP contribution in [0.5, 0.6) is 0 Å². The fourth-order valence-corrected chi connectivity index (χ4v) is 2.61. The van der Waals surface area contributed by atoms with Gasteiger partial charge >= 0.3 is 0 Å². The van der Waals surface area contributed by atoms with Gasteiger partial charge in [-0.1, -0.05) is 6.92 Å². The van der Waals surface area contributed by atoms with Gasteiger partial charge in [0.15, 0.2) is 0 Å². The van der Waals surface area contributed by atoms with Crippen molar-refractivity contribution < 1.29 is 9.59 Å². The number of hydrogen-bond acceptors (Lipinski definition) is 3. The fourth-order valence-electron chi connectivity index (χ4n) is 2.61. The molecule has 0 aromatic heterocycles. The molecule has 5 heteroatoms. The van der Waals surface area contributed by atoms with Gasteiger partial charge in [0.2, 0.25) is 11.8 Å². The number of hydrogen-bond donors (Lipinski definition) is 1. The van der Waals surface area contributed by atoms with E-state index >= 15 is 0 Å². The smallest absolute Gasteiger partial charge is 0.242 e. The van der Waals surface area contributed by atoms with Gasteiger partial charge in [-0.2, -0.15) is 0 Å². The number of likely N-dealkylation sites (N-methyl/N-ethyl adjacent to an activating group) is 2. The number of carbonyl (C=O) groups is 2. The lowest BCUT2D eigenvalue weighted by Crippen LogP contribution is -2.47.